The van der Waals surface area contributed by atoms with E-state index in [1.165, 1.54) is 0 Å². The number of carbonyl (C=O) groups is 1. The standard InChI is InChI=1S/C23H27N3O5S/c1-30-15-9-7-14(8-10-15)26-20-16(11-17(27)21(28)19(20)25-23(26)32)22(29)24-12-13-5-3-4-6-18(13)31-2/h3-10,16-17,19-21,27-28H,11-12H2,1-2H3,(H,24,29)(H,25,32)/t16-,17-,19-,20-,21+/m1/s1. The zero-order valence-corrected chi connectivity index (χ0v) is 18.7. The molecule has 9 heteroatoms. The van der Waals surface area contributed by atoms with Gasteiger partial charge in [-0.25, -0.2) is 0 Å². The number of aliphatic hydroxyl groups is 2. The molecular formula is C23H27N3O5S. The minimum atomic E-state index is -1.04. The number of fused-ring (bicyclic) bond motifs is 1. The fourth-order valence-electron chi connectivity index (χ4n) is 4.55. The van der Waals surface area contributed by atoms with Crippen LogP contribution in [0.3, 0.4) is 0 Å². The van der Waals surface area contributed by atoms with Crippen LogP contribution < -0.4 is 25.0 Å². The Hall–Kier alpha value is -2.88. The van der Waals surface area contributed by atoms with Crippen molar-refractivity contribution in [3.8, 4) is 11.5 Å². The van der Waals surface area contributed by atoms with E-state index in [-0.39, 0.29) is 18.9 Å². The van der Waals surface area contributed by atoms with Crippen LogP contribution in [0.15, 0.2) is 48.5 Å². The van der Waals surface area contributed by atoms with Gasteiger partial charge in [-0.15, -0.1) is 0 Å². The summed E-state index contributed by atoms with van der Waals surface area (Å²) in [5.74, 6) is 0.576. The van der Waals surface area contributed by atoms with E-state index in [1.807, 2.05) is 53.4 Å². The molecule has 5 atom stereocenters. The van der Waals surface area contributed by atoms with Crippen LogP contribution in [0.25, 0.3) is 0 Å². The van der Waals surface area contributed by atoms with Crippen LogP contribution in [-0.4, -0.2) is 59.7 Å². The average Bonchev–Trinajstić information content (AvgIpc) is 3.17. The van der Waals surface area contributed by atoms with Crippen LogP contribution in [-0.2, 0) is 11.3 Å². The van der Waals surface area contributed by atoms with Crippen LogP contribution in [0.4, 0.5) is 5.69 Å². The Balaban J connectivity index is 1.59. The molecular weight excluding hydrogens is 430 g/mol. The molecule has 2 fully saturated rings. The smallest absolute Gasteiger partial charge is 0.225 e. The summed E-state index contributed by atoms with van der Waals surface area (Å²) in [6.45, 7) is 0.287. The van der Waals surface area contributed by atoms with Crippen molar-refractivity contribution in [3.63, 3.8) is 0 Å². The van der Waals surface area contributed by atoms with E-state index in [4.69, 9.17) is 21.7 Å². The largest absolute Gasteiger partial charge is 0.497 e. The molecule has 0 radical (unpaired) electrons. The van der Waals surface area contributed by atoms with Crippen molar-refractivity contribution < 1.29 is 24.5 Å². The molecule has 1 aliphatic heterocycles. The summed E-state index contributed by atoms with van der Waals surface area (Å²) in [6, 6.07) is 13.8. The number of amides is 1. The predicted octanol–water partition coefficient (Wildman–Crippen LogP) is 1.19. The van der Waals surface area contributed by atoms with Gasteiger partial charge in [-0.2, -0.15) is 0 Å². The topological polar surface area (TPSA) is 103 Å². The van der Waals surface area contributed by atoms with Gasteiger partial charge < -0.3 is 35.2 Å². The van der Waals surface area contributed by atoms with Crippen molar-refractivity contribution >= 4 is 28.9 Å². The molecule has 170 valence electrons. The van der Waals surface area contributed by atoms with Gasteiger partial charge in [0.25, 0.3) is 0 Å². The molecule has 8 nitrogen and oxygen atoms in total. The third-order valence-electron chi connectivity index (χ3n) is 6.18. The predicted molar refractivity (Wildman–Crippen MR) is 124 cm³/mol. The zero-order valence-electron chi connectivity index (χ0n) is 17.9. The first-order chi connectivity index (χ1) is 15.4. The molecule has 1 amide bonds. The molecule has 1 saturated carbocycles. The second-order valence-electron chi connectivity index (χ2n) is 7.96. The van der Waals surface area contributed by atoms with Gasteiger partial charge in [0, 0.05) is 17.8 Å². The van der Waals surface area contributed by atoms with E-state index < -0.39 is 30.2 Å². The lowest BCUT2D eigenvalue weighted by Crippen LogP contribution is -2.60. The number of hydrogen-bond acceptors (Lipinski definition) is 6. The number of methoxy groups -OCH3 is 2. The number of benzene rings is 2. The first-order valence-corrected chi connectivity index (χ1v) is 10.8. The van der Waals surface area contributed by atoms with Gasteiger partial charge in [0.1, 0.15) is 17.6 Å². The SMILES string of the molecule is COc1ccc(N2C(=S)N[C@H]3[C@@H](O)[C@H](O)C[C@@H](C(=O)NCc4ccccc4OC)[C@H]32)cc1. The van der Waals surface area contributed by atoms with Crippen LogP contribution in [0.2, 0.25) is 0 Å². The van der Waals surface area contributed by atoms with Crippen LogP contribution >= 0.6 is 12.2 Å². The molecule has 2 aromatic rings. The highest BCUT2D eigenvalue weighted by Crippen LogP contribution is 2.37. The number of para-hydroxylation sites is 1. The molecule has 0 aromatic heterocycles. The monoisotopic (exact) mass is 457 g/mol. The van der Waals surface area contributed by atoms with Crippen molar-refractivity contribution in [1.82, 2.24) is 10.6 Å². The Kier molecular flexibility index (Phi) is 6.50. The maximum absolute atomic E-state index is 13.3. The van der Waals surface area contributed by atoms with Gasteiger partial charge in [-0.05, 0) is 49.0 Å². The molecule has 0 bridgehead atoms. The van der Waals surface area contributed by atoms with Crippen LogP contribution in [0, 0.1) is 5.92 Å². The maximum Gasteiger partial charge on any atom is 0.225 e. The summed E-state index contributed by atoms with van der Waals surface area (Å²) >= 11 is 5.55. The van der Waals surface area contributed by atoms with Gasteiger partial charge in [0.05, 0.1) is 38.3 Å². The Labute approximate surface area is 192 Å². The van der Waals surface area contributed by atoms with Crippen molar-refractivity contribution in [3.05, 3.63) is 54.1 Å². The molecule has 32 heavy (non-hydrogen) atoms. The van der Waals surface area contributed by atoms with Crippen molar-refractivity contribution in [1.29, 1.82) is 0 Å². The maximum atomic E-state index is 13.3. The number of aliphatic hydroxyl groups excluding tert-OH is 2. The van der Waals surface area contributed by atoms with Crippen molar-refractivity contribution in [2.45, 2.75) is 37.3 Å². The molecule has 2 aromatic carbocycles. The van der Waals surface area contributed by atoms with Gasteiger partial charge in [-0.1, -0.05) is 18.2 Å². The Morgan fingerprint density at radius 1 is 1.16 bits per heavy atom. The normalized spacial score (nSPS) is 26.8. The number of anilines is 1. The molecule has 0 unspecified atom stereocenters. The molecule has 4 N–H and O–H groups in total. The van der Waals surface area contributed by atoms with Crippen molar-refractivity contribution in [2.24, 2.45) is 5.92 Å². The van der Waals surface area contributed by atoms with Gasteiger partial charge in [0.15, 0.2) is 5.11 Å². The highest BCUT2D eigenvalue weighted by molar-refractivity contribution is 7.80. The van der Waals surface area contributed by atoms with Gasteiger partial charge in [0.2, 0.25) is 5.91 Å². The minimum Gasteiger partial charge on any atom is -0.497 e. The highest BCUT2D eigenvalue weighted by Gasteiger charge is 2.53. The third-order valence-corrected chi connectivity index (χ3v) is 6.49. The van der Waals surface area contributed by atoms with Gasteiger partial charge >= 0.3 is 0 Å². The summed E-state index contributed by atoms with van der Waals surface area (Å²) in [7, 11) is 3.18. The average molecular weight is 458 g/mol. The molecule has 1 saturated heterocycles. The quantitative estimate of drug-likeness (QED) is 0.480. The van der Waals surface area contributed by atoms with Crippen molar-refractivity contribution in [2.75, 3.05) is 19.1 Å². The van der Waals surface area contributed by atoms with Gasteiger partial charge in [-0.3, -0.25) is 4.79 Å². The number of thiocarbonyl (C=S) groups is 1. The number of ether oxygens (including phenoxy) is 2. The first-order valence-electron chi connectivity index (χ1n) is 10.4. The Morgan fingerprint density at radius 2 is 1.88 bits per heavy atom. The number of nitrogens with zero attached hydrogens (tertiary/aromatic N) is 1. The number of rotatable bonds is 6. The molecule has 1 heterocycles. The summed E-state index contributed by atoms with van der Waals surface area (Å²) in [6.07, 6.45) is -1.96. The van der Waals surface area contributed by atoms with E-state index in [0.717, 1.165) is 11.3 Å². The van der Waals surface area contributed by atoms with E-state index in [2.05, 4.69) is 10.6 Å². The fraction of sp³-hybridized carbons (Fsp3) is 0.391. The highest BCUT2D eigenvalue weighted by atomic mass is 32.1. The zero-order chi connectivity index (χ0) is 22.8. The van der Waals surface area contributed by atoms with E-state index in [0.29, 0.717) is 16.6 Å². The third kappa shape index (κ3) is 4.11. The summed E-state index contributed by atoms with van der Waals surface area (Å²) < 4.78 is 10.6. The summed E-state index contributed by atoms with van der Waals surface area (Å²) in [5, 5.41) is 27.6. The fourth-order valence-corrected chi connectivity index (χ4v) is 4.91. The lowest BCUT2D eigenvalue weighted by molar-refractivity contribution is -0.131. The summed E-state index contributed by atoms with van der Waals surface area (Å²) in [4.78, 5) is 15.1. The van der Waals surface area contributed by atoms with E-state index >= 15 is 0 Å². The van der Waals surface area contributed by atoms with E-state index in [9.17, 15) is 15.0 Å². The Morgan fingerprint density at radius 3 is 2.56 bits per heavy atom. The molecule has 2 aliphatic rings. The number of hydrogen-bond donors (Lipinski definition) is 4. The Bertz CT molecular complexity index is 986. The lowest BCUT2D eigenvalue weighted by atomic mass is 9.77. The van der Waals surface area contributed by atoms with E-state index in [1.54, 1.807) is 14.2 Å². The van der Waals surface area contributed by atoms with Crippen LogP contribution in [0.5, 0.6) is 11.5 Å². The molecule has 4 rings (SSSR count). The second-order valence-corrected chi connectivity index (χ2v) is 8.35. The summed E-state index contributed by atoms with van der Waals surface area (Å²) in [5.41, 5.74) is 1.63. The minimum absolute atomic E-state index is 0.122. The molecule has 0 spiro atoms. The number of nitrogens with one attached hydrogen (secondary N) is 2. The number of carbonyl (C=O) groups excluding carboxylic acids is 1. The molecule has 1 aliphatic carbocycles. The second kappa shape index (κ2) is 9.32. The lowest BCUT2D eigenvalue weighted by Gasteiger charge is -2.41. The van der Waals surface area contributed by atoms with Crippen LogP contribution in [0.1, 0.15) is 12.0 Å². The first kappa shape index (κ1) is 22.3.